The average Bonchev–Trinajstić information content (AvgIpc) is 3.07. The van der Waals surface area contributed by atoms with Crippen molar-refractivity contribution in [3.63, 3.8) is 0 Å². The second-order valence-corrected chi connectivity index (χ2v) is 6.51. The van der Waals surface area contributed by atoms with Crippen LogP contribution in [0.5, 0.6) is 0 Å². The molecule has 0 atom stereocenters. The van der Waals surface area contributed by atoms with Gasteiger partial charge < -0.3 is 5.32 Å². The Balaban J connectivity index is 1.93. The van der Waals surface area contributed by atoms with Crippen molar-refractivity contribution in [1.82, 2.24) is 9.97 Å². The summed E-state index contributed by atoms with van der Waals surface area (Å²) in [7, 11) is 0. The van der Waals surface area contributed by atoms with Crippen molar-refractivity contribution in [2.75, 3.05) is 5.32 Å². The number of aryl methyl sites for hydroxylation is 3. The van der Waals surface area contributed by atoms with Gasteiger partial charge in [-0.25, -0.2) is 9.97 Å². The first-order valence-corrected chi connectivity index (χ1v) is 7.68. The number of fused-ring (bicyclic) bond motifs is 3. The van der Waals surface area contributed by atoms with Crippen LogP contribution in [0.3, 0.4) is 0 Å². The van der Waals surface area contributed by atoms with Crippen LogP contribution in [0.1, 0.15) is 41.9 Å². The Kier molecular flexibility index (Phi) is 2.34. The van der Waals surface area contributed by atoms with E-state index in [0.717, 1.165) is 11.6 Å². The first-order chi connectivity index (χ1) is 8.81. The van der Waals surface area contributed by atoms with Gasteiger partial charge in [0, 0.05) is 10.9 Å². The van der Waals surface area contributed by atoms with E-state index < -0.39 is 0 Å². The number of anilines is 1. The lowest BCUT2D eigenvalue weighted by Crippen LogP contribution is -2.06. The molecule has 2 aromatic rings. The van der Waals surface area contributed by atoms with E-state index in [1.807, 2.05) is 18.3 Å². The van der Waals surface area contributed by atoms with Crippen molar-refractivity contribution < 1.29 is 0 Å². The van der Waals surface area contributed by atoms with Crippen LogP contribution in [0.25, 0.3) is 10.2 Å². The average molecular weight is 259 g/mol. The zero-order valence-electron chi connectivity index (χ0n) is 10.6. The minimum Gasteiger partial charge on any atom is -0.367 e. The van der Waals surface area contributed by atoms with Gasteiger partial charge in [0.1, 0.15) is 16.5 Å². The van der Waals surface area contributed by atoms with Crippen LogP contribution in [0.2, 0.25) is 0 Å². The van der Waals surface area contributed by atoms with Crippen molar-refractivity contribution >= 4 is 27.4 Å². The third-order valence-corrected chi connectivity index (χ3v) is 5.03. The van der Waals surface area contributed by atoms with Gasteiger partial charge in [-0.05, 0) is 51.0 Å². The number of thiophene rings is 1. The summed E-state index contributed by atoms with van der Waals surface area (Å²) in [6.45, 7) is 2.00. The maximum absolute atomic E-state index is 4.65. The van der Waals surface area contributed by atoms with Crippen LogP contribution in [-0.2, 0) is 12.8 Å². The molecule has 1 fully saturated rings. The van der Waals surface area contributed by atoms with E-state index >= 15 is 0 Å². The summed E-state index contributed by atoms with van der Waals surface area (Å²) in [5.74, 6) is 1.99. The highest BCUT2D eigenvalue weighted by Gasteiger charge is 2.25. The first kappa shape index (κ1) is 10.7. The molecule has 0 bridgehead atoms. The van der Waals surface area contributed by atoms with Gasteiger partial charge in [-0.1, -0.05) is 0 Å². The van der Waals surface area contributed by atoms with Crippen molar-refractivity contribution in [2.45, 2.75) is 51.5 Å². The van der Waals surface area contributed by atoms with E-state index in [4.69, 9.17) is 0 Å². The van der Waals surface area contributed by atoms with E-state index in [1.54, 1.807) is 4.88 Å². The van der Waals surface area contributed by atoms with E-state index in [-0.39, 0.29) is 0 Å². The zero-order chi connectivity index (χ0) is 12.1. The lowest BCUT2D eigenvalue weighted by Gasteiger charge is -2.12. The highest BCUT2D eigenvalue weighted by atomic mass is 32.1. The molecule has 4 heteroatoms. The maximum atomic E-state index is 4.65. The lowest BCUT2D eigenvalue weighted by atomic mass is 9.97. The monoisotopic (exact) mass is 259 g/mol. The molecule has 18 heavy (non-hydrogen) atoms. The Bertz CT molecular complexity index is 613. The third kappa shape index (κ3) is 1.70. The molecule has 2 aliphatic rings. The van der Waals surface area contributed by atoms with Crippen molar-refractivity contribution in [1.29, 1.82) is 0 Å². The smallest absolute Gasteiger partial charge is 0.139 e. The molecule has 2 aliphatic carbocycles. The van der Waals surface area contributed by atoms with E-state index in [0.29, 0.717) is 6.04 Å². The second-order valence-electron chi connectivity index (χ2n) is 5.43. The number of hydrogen-bond acceptors (Lipinski definition) is 4. The number of hydrogen-bond donors (Lipinski definition) is 1. The normalized spacial score (nSPS) is 18.9. The second kappa shape index (κ2) is 3.92. The number of rotatable bonds is 2. The standard InChI is InChI=1S/C14H17N3S/c1-8-15-13(17-9-6-7-9)12-10-4-2-3-5-11(10)18-14(12)16-8/h9H,2-7H2,1H3,(H,15,16,17). The van der Waals surface area contributed by atoms with Gasteiger partial charge in [-0.3, -0.25) is 0 Å². The van der Waals surface area contributed by atoms with Gasteiger partial charge in [0.2, 0.25) is 0 Å². The van der Waals surface area contributed by atoms with E-state index in [9.17, 15) is 0 Å². The minimum absolute atomic E-state index is 0.654. The van der Waals surface area contributed by atoms with Crippen molar-refractivity contribution in [2.24, 2.45) is 0 Å². The van der Waals surface area contributed by atoms with Gasteiger partial charge in [0.15, 0.2) is 0 Å². The molecule has 0 unspecified atom stereocenters. The third-order valence-electron chi connectivity index (χ3n) is 3.84. The van der Waals surface area contributed by atoms with Crippen LogP contribution >= 0.6 is 11.3 Å². The molecule has 0 spiro atoms. The van der Waals surface area contributed by atoms with Crippen LogP contribution in [0.4, 0.5) is 5.82 Å². The largest absolute Gasteiger partial charge is 0.367 e. The molecule has 0 saturated heterocycles. The van der Waals surface area contributed by atoms with Gasteiger partial charge >= 0.3 is 0 Å². The summed E-state index contributed by atoms with van der Waals surface area (Å²) < 4.78 is 0. The van der Waals surface area contributed by atoms with Crippen LogP contribution in [0, 0.1) is 6.92 Å². The maximum Gasteiger partial charge on any atom is 0.139 e. The molecule has 4 rings (SSSR count). The predicted octanol–water partition coefficient (Wildman–Crippen LogP) is 3.45. The van der Waals surface area contributed by atoms with Gasteiger partial charge in [0.25, 0.3) is 0 Å². The van der Waals surface area contributed by atoms with Crippen LogP contribution < -0.4 is 5.32 Å². The molecule has 2 aromatic heterocycles. The Labute approximate surface area is 111 Å². The topological polar surface area (TPSA) is 37.8 Å². The predicted molar refractivity (Wildman–Crippen MR) is 75.4 cm³/mol. The number of aromatic nitrogens is 2. The Morgan fingerprint density at radius 3 is 2.83 bits per heavy atom. The fraction of sp³-hybridized carbons (Fsp3) is 0.571. The van der Waals surface area contributed by atoms with Gasteiger partial charge in [0.05, 0.1) is 5.39 Å². The van der Waals surface area contributed by atoms with Crippen molar-refractivity contribution in [3.05, 3.63) is 16.3 Å². The number of nitrogens with zero attached hydrogens (tertiary/aromatic N) is 2. The summed E-state index contributed by atoms with van der Waals surface area (Å²) in [6.07, 6.45) is 7.67. The molecule has 3 nitrogen and oxygen atoms in total. The summed E-state index contributed by atoms with van der Waals surface area (Å²) in [5, 5.41) is 4.92. The van der Waals surface area contributed by atoms with E-state index in [2.05, 4.69) is 15.3 Å². The SMILES string of the molecule is Cc1nc(NC2CC2)c2c3c(sc2n1)CCCC3. The first-order valence-electron chi connectivity index (χ1n) is 6.86. The zero-order valence-corrected chi connectivity index (χ0v) is 11.4. The fourth-order valence-electron chi connectivity index (χ4n) is 2.79. The summed E-state index contributed by atoms with van der Waals surface area (Å²) in [5.41, 5.74) is 1.53. The summed E-state index contributed by atoms with van der Waals surface area (Å²) in [6, 6.07) is 0.654. The van der Waals surface area contributed by atoms with E-state index in [1.165, 1.54) is 54.3 Å². The Hall–Kier alpha value is -1.16. The lowest BCUT2D eigenvalue weighted by molar-refractivity contribution is 0.700. The molecule has 2 heterocycles. The molecule has 0 radical (unpaired) electrons. The van der Waals surface area contributed by atoms with Crippen molar-refractivity contribution in [3.8, 4) is 0 Å². The number of nitrogens with one attached hydrogen (secondary N) is 1. The Morgan fingerprint density at radius 2 is 2.00 bits per heavy atom. The molecular formula is C14H17N3S. The quantitative estimate of drug-likeness (QED) is 0.897. The Morgan fingerprint density at radius 1 is 1.17 bits per heavy atom. The molecule has 0 amide bonds. The molecule has 1 N–H and O–H groups in total. The van der Waals surface area contributed by atoms with Gasteiger partial charge in [-0.2, -0.15) is 0 Å². The molecular weight excluding hydrogens is 242 g/mol. The highest BCUT2D eigenvalue weighted by molar-refractivity contribution is 7.19. The van der Waals surface area contributed by atoms with Crippen LogP contribution in [-0.4, -0.2) is 16.0 Å². The van der Waals surface area contributed by atoms with Gasteiger partial charge in [-0.15, -0.1) is 11.3 Å². The fourth-order valence-corrected chi connectivity index (χ4v) is 4.10. The summed E-state index contributed by atoms with van der Waals surface area (Å²) >= 11 is 1.88. The molecule has 1 saturated carbocycles. The minimum atomic E-state index is 0.654. The molecule has 94 valence electrons. The highest BCUT2D eigenvalue weighted by Crippen LogP contribution is 2.39. The molecule has 0 aliphatic heterocycles. The van der Waals surface area contributed by atoms with Crippen LogP contribution in [0.15, 0.2) is 0 Å². The summed E-state index contributed by atoms with van der Waals surface area (Å²) in [4.78, 5) is 12.0. The molecule has 0 aromatic carbocycles.